The van der Waals surface area contributed by atoms with Crippen molar-refractivity contribution >= 4 is 32.7 Å². The largest absolute Gasteiger partial charge is 0.378 e. The van der Waals surface area contributed by atoms with Crippen LogP contribution >= 0.6 is 11.3 Å². The van der Waals surface area contributed by atoms with Crippen LogP contribution in [0.5, 0.6) is 0 Å². The van der Waals surface area contributed by atoms with Crippen LogP contribution in [-0.2, 0) is 9.53 Å². The maximum Gasteiger partial charge on any atom is 0.242 e. The predicted molar refractivity (Wildman–Crippen MR) is 102 cm³/mol. The average Bonchev–Trinajstić information content (AvgIpc) is 3.24. The molecule has 8 heteroatoms. The number of anilines is 1. The van der Waals surface area contributed by atoms with Crippen molar-refractivity contribution in [1.29, 1.82) is 0 Å². The van der Waals surface area contributed by atoms with Crippen molar-refractivity contribution in [2.24, 2.45) is 0 Å². The van der Waals surface area contributed by atoms with E-state index in [1.165, 1.54) is 0 Å². The number of fused-ring (bicyclic) bond motifs is 1. The summed E-state index contributed by atoms with van der Waals surface area (Å²) >= 11 is 1.57. The first-order valence-corrected chi connectivity index (χ1v) is 9.43. The van der Waals surface area contributed by atoms with E-state index < -0.39 is 0 Å². The van der Waals surface area contributed by atoms with Crippen LogP contribution in [0.15, 0.2) is 30.3 Å². The zero-order valence-electron chi connectivity index (χ0n) is 14.9. The molecule has 0 spiro atoms. The number of thiazole rings is 1. The molecule has 136 valence electrons. The lowest BCUT2D eigenvalue weighted by Gasteiger charge is -2.28. The van der Waals surface area contributed by atoms with E-state index in [1.807, 2.05) is 58.8 Å². The van der Waals surface area contributed by atoms with Crippen molar-refractivity contribution in [3.63, 3.8) is 0 Å². The van der Waals surface area contributed by atoms with Gasteiger partial charge in [-0.3, -0.25) is 4.79 Å². The summed E-state index contributed by atoms with van der Waals surface area (Å²) in [5.41, 5.74) is 2.76. The molecule has 0 unspecified atom stereocenters. The summed E-state index contributed by atoms with van der Waals surface area (Å²) in [5, 5.41) is 5.44. The van der Waals surface area contributed by atoms with Crippen LogP contribution in [0.3, 0.4) is 0 Å². The highest BCUT2D eigenvalue weighted by atomic mass is 32.1. The fourth-order valence-corrected chi connectivity index (χ4v) is 3.97. The second-order valence-electron chi connectivity index (χ2n) is 6.33. The first kappa shape index (κ1) is 17.0. The molecule has 0 N–H and O–H groups in total. The first-order chi connectivity index (χ1) is 12.6. The van der Waals surface area contributed by atoms with Gasteiger partial charge in [0.15, 0.2) is 10.8 Å². The number of carbonyl (C=O) groups excluding carboxylic acids is 1. The molecule has 0 saturated carbocycles. The highest BCUT2D eigenvalue weighted by Crippen LogP contribution is 2.31. The zero-order chi connectivity index (χ0) is 18.1. The van der Waals surface area contributed by atoms with Crippen LogP contribution in [-0.4, -0.2) is 65.5 Å². The van der Waals surface area contributed by atoms with Crippen LogP contribution in [0.2, 0.25) is 0 Å². The molecule has 1 aliphatic rings. The Labute approximate surface area is 155 Å². The molecular formula is C18H21N5O2S. The van der Waals surface area contributed by atoms with Crippen molar-refractivity contribution in [3.05, 3.63) is 36.0 Å². The number of rotatable bonds is 4. The van der Waals surface area contributed by atoms with Crippen LogP contribution < -0.4 is 4.90 Å². The van der Waals surface area contributed by atoms with Crippen molar-refractivity contribution in [1.82, 2.24) is 19.7 Å². The maximum absolute atomic E-state index is 12.5. The Bertz CT molecular complexity index is 914. The van der Waals surface area contributed by atoms with E-state index in [1.54, 1.807) is 11.3 Å². The highest BCUT2D eigenvalue weighted by Gasteiger charge is 2.21. The van der Waals surface area contributed by atoms with Crippen molar-refractivity contribution in [3.8, 4) is 5.69 Å². The third-order valence-corrected chi connectivity index (χ3v) is 5.71. The zero-order valence-corrected chi connectivity index (χ0v) is 15.7. The van der Waals surface area contributed by atoms with E-state index in [2.05, 4.69) is 5.10 Å². The number of aromatic nitrogens is 3. The lowest BCUT2D eigenvalue weighted by Crippen LogP contribution is -2.45. The third-order valence-electron chi connectivity index (χ3n) is 4.44. The number of benzene rings is 1. The maximum atomic E-state index is 12.5. The number of para-hydroxylation sites is 1. The smallest absolute Gasteiger partial charge is 0.242 e. The van der Waals surface area contributed by atoms with E-state index >= 15 is 0 Å². The molecule has 26 heavy (non-hydrogen) atoms. The van der Waals surface area contributed by atoms with Gasteiger partial charge in [0.05, 0.1) is 35.8 Å². The lowest BCUT2D eigenvalue weighted by molar-refractivity contribution is -0.133. The second-order valence-corrected chi connectivity index (χ2v) is 7.31. The SMILES string of the molecule is Cc1nn(-c2ccccc2)c2nc(N(C)CC(=O)N3CCOCC3)sc12. The summed E-state index contributed by atoms with van der Waals surface area (Å²) in [6, 6.07) is 9.97. The monoisotopic (exact) mass is 371 g/mol. The van der Waals surface area contributed by atoms with Gasteiger partial charge in [-0.25, -0.2) is 4.68 Å². The molecule has 2 aromatic heterocycles. The lowest BCUT2D eigenvalue weighted by atomic mass is 10.3. The van der Waals surface area contributed by atoms with Gasteiger partial charge in [-0.2, -0.15) is 10.1 Å². The Kier molecular flexibility index (Phi) is 4.60. The number of hydrogen-bond acceptors (Lipinski definition) is 6. The van der Waals surface area contributed by atoms with E-state index in [4.69, 9.17) is 9.72 Å². The van der Waals surface area contributed by atoms with Crippen molar-refractivity contribution < 1.29 is 9.53 Å². The Hall–Kier alpha value is -2.45. The molecule has 4 rings (SSSR count). The van der Waals surface area contributed by atoms with Gasteiger partial charge < -0.3 is 14.5 Å². The van der Waals surface area contributed by atoms with E-state index in [9.17, 15) is 4.79 Å². The van der Waals surface area contributed by atoms with Crippen LogP contribution in [0.25, 0.3) is 16.0 Å². The standard InChI is InChI=1S/C18H21N5O2S/c1-13-16-17(23(20-13)14-6-4-3-5-7-14)19-18(26-16)21(2)12-15(24)22-8-10-25-11-9-22/h3-7H,8-12H2,1-2H3. The fourth-order valence-electron chi connectivity index (χ4n) is 3.02. The van der Waals surface area contributed by atoms with Gasteiger partial charge in [0.2, 0.25) is 5.91 Å². The van der Waals surface area contributed by atoms with Gasteiger partial charge >= 0.3 is 0 Å². The molecule has 1 saturated heterocycles. The molecular weight excluding hydrogens is 350 g/mol. The highest BCUT2D eigenvalue weighted by molar-refractivity contribution is 7.22. The third kappa shape index (κ3) is 3.17. The van der Waals surface area contributed by atoms with Crippen LogP contribution in [0.1, 0.15) is 5.69 Å². The van der Waals surface area contributed by atoms with Crippen LogP contribution in [0, 0.1) is 6.92 Å². The van der Waals surface area contributed by atoms with E-state index in [0.29, 0.717) is 32.8 Å². The van der Waals surface area contributed by atoms with Gasteiger partial charge in [-0.15, -0.1) is 0 Å². The van der Waals surface area contributed by atoms with E-state index in [-0.39, 0.29) is 5.91 Å². The first-order valence-electron chi connectivity index (χ1n) is 8.62. The molecule has 0 atom stereocenters. The summed E-state index contributed by atoms with van der Waals surface area (Å²) in [5.74, 6) is 0.108. The Balaban J connectivity index is 1.58. The summed E-state index contributed by atoms with van der Waals surface area (Å²) < 4.78 is 8.22. The summed E-state index contributed by atoms with van der Waals surface area (Å²) in [7, 11) is 1.91. The summed E-state index contributed by atoms with van der Waals surface area (Å²) in [4.78, 5) is 21.0. The molecule has 0 bridgehead atoms. The number of morpholine rings is 1. The minimum absolute atomic E-state index is 0.108. The molecule has 3 aromatic rings. The average molecular weight is 371 g/mol. The molecule has 1 aliphatic heterocycles. The van der Waals surface area contributed by atoms with Gasteiger partial charge in [0.1, 0.15) is 0 Å². The number of carbonyl (C=O) groups is 1. The van der Waals surface area contributed by atoms with E-state index in [0.717, 1.165) is 26.9 Å². The van der Waals surface area contributed by atoms with Gasteiger partial charge in [-0.1, -0.05) is 29.5 Å². The summed E-state index contributed by atoms with van der Waals surface area (Å²) in [6.45, 7) is 4.85. The molecule has 1 amide bonds. The minimum atomic E-state index is 0.108. The number of nitrogens with zero attached hydrogens (tertiary/aromatic N) is 5. The number of hydrogen-bond donors (Lipinski definition) is 0. The Morgan fingerprint density at radius 1 is 1.27 bits per heavy atom. The fraction of sp³-hybridized carbons (Fsp3) is 0.389. The minimum Gasteiger partial charge on any atom is -0.378 e. The van der Waals surface area contributed by atoms with Gasteiger partial charge in [0.25, 0.3) is 0 Å². The summed E-state index contributed by atoms with van der Waals surface area (Å²) in [6.07, 6.45) is 0. The van der Waals surface area contributed by atoms with Crippen molar-refractivity contribution in [2.75, 3.05) is 44.8 Å². The second kappa shape index (κ2) is 7.05. The molecule has 0 aliphatic carbocycles. The molecule has 3 heterocycles. The predicted octanol–water partition coefficient (Wildman–Crippen LogP) is 2.09. The van der Waals surface area contributed by atoms with Crippen LogP contribution in [0.4, 0.5) is 5.13 Å². The number of likely N-dealkylation sites (N-methyl/N-ethyl adjacent to an activating group) is 1. The van der Waals surface area contributed by atoms with Crippen molar-refractivity contribution in [2.45, 2.75) is 6.92 Å². The van der Waals surface area contributed by atoms with Gasteiger partial charge in [0, 0.05) is 20.1 Å². The van der Waals surface area contributed by atoms with Gasteiger partial charge in [-0.05, 0) is 19.1 Å². The Morgan fingerprint density at radius 3 is 2.73 bits per heavy atom. The topological polar surface area (TPSA) is 63.5 Å². The molecule has 1 fully saturated rings. The normalized spacial score (nSPS) is 14.8. The molecule has 7 nitrogen and oxygen atoms in total. The quantitative estimate of drug-likeness (QED) is 0.703. The number of aryl methyl sites for hydroxylation is 1. The number of ether oxygens (including phenoxy) is 1. The molecule has 0 radical (unpaired) electrons. The Morgan fingerprint density at radius 2 is 2.00 bits per heavy atom. The number of amides is 1. The molecule has 1 aromatic carbocycles.